The Labute approximate surface area is 176 Å². The number of rotatable bonds is 4. The molecule has 0 spiro atoms. The minimum absolute atomic E-state index is 0.123. The van der Waals surface area contributed by atoms with E-state index in [9.17, 15) is 14.0 Å². The van der Waals surface area contributed by atoms with E-state index in [2.05, 4.69) is 5.32 Å². The summed E-state index contributed by atoms with van der Waals surface area (Å²) in [6.07, 6.45) is 1.99. The van der Waals surface area contributed by atoms with E-state index in [1.807, 2.05) is 31.7 Å². The second kappa shape index (κ2) is 8.74. The summed E-state index contributed by atoms with van der Waals surface area (Å²) in [5, 5.41) is 11.5. The first kappa shape index (κ1) is 21.6. The van der Waals surface area contributed by atoms with Crippen LogP contribution in [-0.2, 0) is 9.53 Å². The molecule has 160 valence electrons. The number of hydrogen-bond donors (Lipinski definition) is 1. The van der Waals surface area contributed by atoms with Crippen molar-refractivity contribution in [1.82, 2.24) is 5.32 Å². The van der Waals surface area contributed by atoms with Gasteiger partial charge in [0.25, 0.3) is 0 Å². The quantitative estimate of drug-likeness (QED) is 0.764. The van der Waals surface area contributed by atoms with Crippen molar-refractivity contribution < 1.29 is 18.7 Å². The molecule has 0 aliphatic carbocycles. The summed E-state index contributed by atoms with van der Waals surface area (Å²) >= 11 is 0. The van der Waals surface area contributed by atoms with Crippen LogP contribution < -0.4 is 15.1 Å². The largest absolute Gasteiger partial charge is 0.442 e. The highest BCUT2D eigenvalue weighted by molar-refractivity contribution is 5.90. The molecule has 7 nitrogen and oxygen atoms in total. The molecule has 2 fully saturated rings. The van der Waals surface area contributed by atoms with Crippen molar-refractivity contribution in [3.8, 4) is 6.07 Å². The average Bonchev–Trinajstić information content (AvgIpc) is 3.07. The lowest BCUT2D eigenvalue weighted by molar-refractivity contribution is -0.128. The van der Waals surface area contributed by atoms with Gasteiger partial charge in [0, 0.05) is 24.6 Å². The summed E-state index contributed by atoms with van der Waals surface area (Å²) in [5.74, 6) is -0.529. The standard InChI is InChI=1S/C22H27FN4O3/c1-22(2,3)20(28)25-13-17-14-27(21(29)30-17)16-4-5-19(18(23)12-16)26-10-7-15(6-9-24)8-11-26/h4-6,12,17H,7-8,10-11,13-14H2,1-3H3,(H,25,28). The van der Waals surface area contributed by atoms with Gasteiger partial charge < -0.3 is 15.0 Å². The van der Waals surface area contributed by atoms with Gasteiger partial charge in [-0.2, -0.15) is 5.26 Å². The van der Waals surface area contributed by atoms with Crippen LogP contribution in [0.1, 0.15) is 33.6 Å². The van der Waals surface area contributed by atoms with Gasteiger partial charge in [-0.3, -0.25) is 9.69 Å². The predicted molar refractivity (Wildman–Crippen MR) is 112 cm³/mol. The van der Waals surface area contributed by atoms with Crippen LogP contribution >= 0.6 is 0 Å². The molecule has 3 rings (SSSR count). The van der Waals surface area contributed by atoms with E-state index in [0.717, 1.165) is 18.4 Å². The number of carbonyl (C=O) groups excluding carboxylic acids is 2. The fourth-order valence-electron chi connectivity index (χ4n) is 3.50. The van der Waals surface area contributed by atoms with E-state index in [0.29, 0.717) is 24.5 Å². The van der Waals surface area contributed by atoms with Crippen molar-refractivity contribution in [2.24, 2.45) is 5.41 Å². The first-order chi connectivity index (χ1) is 14.2. The molecule has 2 heterocycles. The van der Waals surface area contributed by atoms with E-state index in [4.69, 9.17) is 10.00 Å². The Hall–Kier alpha value is -3.08. The molecule has 2 aliphatic heterocycles. The highest BCUT2D eigenvalue weighted by Crippen LogP contribution is 2.30. The first-order valence-corrected chi connectivity index (χ1v) is 10.1. The Kier molecular flexibility index (Phi) is 6.30. The molecule has 1 unspecified atom stereocenters. The van der Waals surface area contributed by atoms with Crippen LogP contribution in [0, 0.1) is 22.6 Å². The molecule has 1 aromatic rings. The number of ether oxygens (including phenoxy) is 1. The van der Waals surface area contributed by atoms with Gasteiger partial charge >= 0.3 is 6.09 Å². The van der Waals surface area contributed by atoms with Crippen molar-refractivity contribution in [3.05, 3.63) is 35.7 Å². The zero-order valence-electron chi connectivity index (χ0n) is 17.6. The van der Waals surface area contributed by atoms with Crippen LogP contribution in [0.2, 0.25) is 0 Å². The lowest BCUT2D eigenvalue weighted by atomic mass is 9.96. The zero-order valence-corrected chi connectivity index (χ0v) is 17.6. The number of nitrogens with one attached hydrogen (secondary N) is 1. The van der Waals surface area contributed by atoms with E-state index < -0.39 is 23.4 Å². The Morgan fingerprint density at radius 3 is 2.67 bits per heavy atom. The number of amides is 2. The van der Waals surface area contributed by atoms with Gasteiger partial charge in [0.15, 0.2) is 0 Å². The van der Waals surface area contributed by atoms with E-state index >= 15 is 0 Å². The molecule has 2 aliphatic rings. The van der Waals surface area contributed by atoms with Crippen molar-refractivity contribution in [2.75, 3.05) is 36.0 Å². The third-order valence-corrected chi connectivity index (χ3v) is 5.30. The minimum atomic E-state index is -0.554. The number of hydrogen-bond acceptors (Lipinski definition) is 5. The summed E-state index contributed by atoms with van der Waals surface area (Å²) in [6, 6.07) is 6.76. The van der Waals surface area contributed by atoms with Crippen molar-refractivity contribution in [1.29, 1.82) is 5.26 Å². The molecule has 1 aromatic carbocycles. The van der Waals surface area contributed by atoms with Crippen LogP contribution in [0.15, 0.2) is 29.8 Å². The van der Waals surface area contributed by atoms with E-state index in [-0.39, 0.29) is 19.0 Å². The Bertz CT molecular complexity index is 891. The van der Waals surface area contributed by atoms with Gasteiger partial charge in [-0.15, -0.1) is 0 Å². The second-order valence-corrected chi connectivity index (χ2v) is 8.63. The summed E-state index contributed by atoms with van der Waals surface area (Å²) in [5.41, 5.74) is 1.46. The molecule has 0 aromatic heterocycles. The van der Waals surface area contributed by atoms with Crippen LogP contribution in [0.4, 0.5) is 20.6 Å². The molecule has 0 saturated carbocycles. The van der Waals surface area contributed by atoms with Crippen LogP contribution in [0.25, 0.3) is 0 Å². The summed E-state index contributed by atoms with van der Waals surface area (Å²) in [7, 11) is 0. The minimum Gasteiger partial charge on any atom is -0.442 e. The summed E-state index contributed by atoms with van der Waals surface area (Å²) in [6.45, 7) is 7.17. The molecule has 8 heteroatoms. The lowest BCUT2D eigenvalue weighted by Gasteiger charge is -2.30. The number of halogens is 1. The van der Waals surface area contributed by atoms with Gasteiger partial charge in [-0.25, -0.2) is 9.18 Å². The molecule has 1 atom stereocenters. The van der Waals surface area contributed by atoms with E-state index in [1.54, 1.807) is 18.2 Å². The van der Waals surface area contributed by atoms with Gasteiger partial charge in [0.1, 0.15) is 11.9 Å². The zero-order chi connectivity index (χ0) is 21.9. The number of nitrogens with zero attached hydrogens (tertiary/aromatic N) is 3. The number of nitriles is 1. The van der Waals surface area contributed by atoms with Crippen LogP contribution in [0.5, 0.6) is 0 Å². The second-order valence-electron chi connectivity index (χ2n) is 8.63. The molecular formula is C22H27FN4O3. The van der Waals surface area contributed by atoms with E-state index in [1.165, 1.54) is 11.0 Å². The molecule has 0 bridgehead atoms. The smallest absolute Gasteiger partial charge is 0.414 e. The highest BCUT2D eigenvalue weighted by Gasteiger charge is 2.34. The summed E-state index contributed by atoms with van der Waals surface area (Å²) in [4.78, 5) is 27.6. The van der Waals surface area contributed by atoms with Crippen LogP contribution in [-0.4, -0.2) is 44.3 Å². The van der Waals surface area contributed by atoms with Gasteiger partial charge in [-0.1, -0.05) is 26.3 Å². The Morgan fingerprint density at radius 1 is 1.37 bits per heavy atom. The molecule has 0 radical (unpaired) electrons. The van der Waals surface area contributed by atoms with Crippen molar-refractivity contribution in [3.63, 3.8) is 0 Å². The fraction of sp³-hybridized carbons (Fsp3) is 0.500. The highest BCUT2D eigenvalue weighted by atomic mass is 19.1. The predicted octanol–water partition coefficient (Wildman–Crippen LogP) is 3.36. The first-order valence-electron chi connectivity index (χ1n) is 10.1. The van der Waals surface area contributed by atoms with Gasteiger partial charge in [0.05, 0.1) is 30.5 Å². The maximum atomic E-state index is 14.8. The number of benzene rings is 1. The third kappa shape index (κ3) is 4.90. The Balaban J connectivity index is 1.62. The lowest BCUT2D eigenvalue weighted by Crippen LogP contribution is -2.40. The maximum Gasteiger partial charge on any atom is 0.414 e. The molecule has 1 N–H and O–H groups in total. The molecule has 2 saturated heterocycles. The van der Waals surface area contributed by atoms with Gasteiger partial charge in [0.2, 0.25) is 5.91 Å². The number of carbonyl (C=O) groups is 2. The average molecular weight is 414 g/mol. The monoisotopic (exact) mass is 414 g/mol. The summed E-state index contributed by atoms with van der Waals surface area (Å²) < 4.78 is 20.1. The maximum absolute atomic E-state index is 14.8. The van der Waals surface area contributed by atoms with Crippen molar-refractivity contribution >= 4 is 23.4 Å². The molecule has 2 amide bonds. The topological polar surface area (TPSA) is 85.7 Å². The van der Waals surface area contributed by atoms with Crippen LogP contribution in [0.3, 0.4) is 0 Å². The normalized spacial score (nSPS) is 19.4. The molecule has 30 heavy (non-hydrogen) atoms. The number of allylic oxidation sites excluding steroid dienone is 1. The SMILES string of the molecule is CC(C)(C)C(=O)NCC1CN(c2ccc(N3CCC(=CC#N)CC3)c(F)c2)C(=O)O1. The third-order valence-electron chi connectivity index (χ3n) is 5.30. The fourth-order valence-corrected chi connectivity index (χ4v) is 3.50. The molecular weight excluding hydrogens is 387 g/mol. The van der Waals surface area contributed by atoms with Crippen molar-refractivity contribution in [2.45, 2.75) is 39.7 Å². The Morgan fingerprint density at radius 2 is 2.07 bits per heavy atom. The number of cyclic esters (lactones) is 1. The van der Waals surface area contributed by atoms with Gasteiger partial charge in [-0.05, 0) is 31.0 Å². The number of piperidine rings is 1. The number of anilines is 2.